The number of likely N-dealkylation sites (N-methyl/N-ethyl adjacent to an activating group) is 1. The van der Waals surface area contributed by atoms with Crippen molar-refractivity contribution in [3.05, 3.63) is 35.4 Å². The lowest BCUT2D eigenvalue weighted by Gasteiger charge is -2.20. The summed E-state index contributed by atoms with van der Waals surface area (Å²) in [4.78, 5) is 13.8. The van der Waals surface area contributed by atoms with Crippen molar-refractivity contribution >= 4 is 23.1 Å². The number of ether oxygens (including phenoxy) is 1. The Kier molecular flexibility index (Phi) is 5.88. The normalized spacial score (nSPS) is 11.9. The zero-order valence-corrected chi connectivity index (χ0v) is 11.8. The number of hydrogen-bond donors (Lipinski definition) is 2. The molecule has 0 saturated heterocycles. The number of aliphatic hydroxyl groups excluding tert-OH is 1. The molecule has 1 rings (SSSR count). The van der Waals surface area contributed by atoms with E-state index in [0.717, 1.165) is 0 Å². The minimum atomic E-state index is -0.710. The Balaban J connectivity index is 2.76. The van der Waals surface area contributed by atoms with Gasteiger partial charge in [-0.3, -0.25) is 4.79 Å². The molecule has 1 amide bonds. The van der Waals surface area contributed by atoms with Gasteiger partial charge in [-0.15, -0.1) is 0 Å². The Labute approximate surface area is 118 Å². The molecule has 0 heterocycles. The first-order chi connectivity index (χ1) is 8.95. The van der Waals surface area contributed by atoms with E-state index < -0.39 is 6.10 Å². The number of hydrogen-bond acceptors (Lipinski definition) is 4. The summed E-state index contributed by atoms with van der Waals surface area (Å²) >= 11 is 4.87. The molecule has 0 fully saturated rings. The summed E-state index contributed by atoms with van der Waals surface area (Å²) in [6, 6.07) is 6.80. The molecule has 6 heteroatoms. The van der Waals surface area contributed by atoms with Crippen LogP contribution in [0, 0.1) is 0 Å². The smallest absolute Gasteiger partial charge is 0.253 e. The van der Waals surface area contributed by atoms with Gasteiger partial charge in [-0.2, -0.15) is 0 Å². The number of benzene rings is 1. The number of carbonyl (C=O) groups is 1. The number of nitrogens with two attached hydrogens (primary N) is 1. The second-order valence-corrected chi connectivity index (χ2v) is 4.68. The van der Waals surface area contributed by atoms with Crippen LogP contribution >= 0.6 is 12.2 Å². The van der Waals surface area contributed by atoms with Crippen LogP contribution in [0.15, 0.2) is 24.3 Å². The molecule has 5 nitrogen and oxygen atoms in total. The van der Waals surface area contributed by atoms with Crippen LogP contribution in [0.25, 0.3) is 0 Å². The highest BCUT2D eigenvalue weighted by molar-refractivity contribution is 7.80. The van der Waals surface area contributed by atoms with E-state index in [1.807, 2.05) is 0 Å². The van der Waals surface area contributed by atoms with Crippen LogP contribution in [0.5, 0.6) is 0 Å². The van der Waals surface area contributed by atoms with Crippen LogP contribution in [0.1, 0.15) is 15.9 Å². The summed E-state index contributed by atoms with van der Waals surface area (Å²) < 4.78 is 4.82. The van der Waals surface area contributed by atoms with Crippen molar-refractivity contribution < 1.29 is 14.6 Å². The number of aliphatic hydroxyl groups is 1. The SMILES string of the molecule is COCC(O)CN(C)C(=O)c1cccc(C(N)=S)c1. The highest BCUT2D eigenvalue weighted by atomic mass is 32.1. The number of amides is 1. The lowest BCUT2D eigenvalue weighted by Crippen LogP contribution is -2.36. The summed E-state index contributed by atoms with van der Waals surface area (Å²) in [5.74, 6) is -0.201. The van der Waals surface area contributed by atoms with Crippen molar-refractivity contribution in [2.24, 2.45) is 5.73 Å². The molecule has 19 heavy (non-hydrogen) atoms. The topological polar surface area (TPSA) is 75.8 Å². The van der Waals surface area contributed by atoms with E-state index in [-0.39, 0.29) is 24.0 Å². The molecule has 1 unspecified atom stereocenters. The van der Waals surface area contributed by atoms with Crippen molar-refractivity contribution in [1.29, 1.82) is 0 Å². The van der Waals surface area contributed by atoms with Crippen molar-refractivity contribution in [3.63, 3.8) is 0 Å². The lowest BCUT2D eigenvalue weighted by atomic mass is 10.1. The maximum atomic E-state index is 12.1. The van der Waals surface area contributed by atoms with E-state index in [1.165, 1.54) is 12.0 Å². The number of nitrogens with zero attached hydrogens (tertiary/aromatic N) is 1. The van der Waals surface area contributed by atoms with Gasteiger partial charge in [-0.25, -0.2) is 0 Å². The lowest BCUT2D eigenvalue weighted by molar-refractivity contribution is 0.0380. The average Bonchev–Trinajstić information content (AvgIpc) is 2.38. The second kappa shape index (κ2) is 7.18. The van der Waals surface area contributed by atoms with E-state index in [2.05, 4.69) is 0 Å². The highest BCUT2D eigenvalue weighted by Gasteiger charge is 2.15. The van der Waals surface area contributed by atoms with Gasteiger partial charge in [0.05, 0.1) is 12.7 Å². The Morgan fingerprint density at radius 2 is 2.16 bits per heavy atom. The van der Waals surface area contributed by atoms with Gasteiger partial charge < -0.3 is 20.5 Å². The highest BCUT2D eigenvalue weighted by Crippen LogP contribution is 2.08. The second-order valence-electron chi connectivity index (χ2n) is 4.24. The summed E-state index contributed by atoms with van der Waals surface area (Å²) in [5, 5.41) is 9.60. The Morgan fingerprint density at radius 3 is 2.74 bits per heavy atom. The molecule has 0 aromatic heterocycles. The van der Waals surface area contributed by atoms with Gasteiger partial charge >= 0.3 is 0 Å². The zero-order chi connectivity index (χ0) is 14.4. The van der Waals surface area contributed by atoms with E-state index in [0.29, 0.717) is 11.1 Å². The average molecular weight is 282 g/mol. The fourth-order valence-corrected chi connectivity index (χ4v) is 1.80. The number of thiocarbonyl (C=S) groups is 1. The molecule has 1 aromatic rings. The molecule has 1 aromatic carbocycles. The predicted molar refractivity (Wildman–Crippen MR) is 77.2 cm³/mol. The Hall–Kier alpha value is -1.50. The van der Waals surface area contributed by atoms with Crippen LogP contribution < -0.4 is 5.73 Å². The molecule has 0 aliphatic rings. The Morgan fingerprint density at radius 1 is 1.53 bits per heavy atom. The van der Waals surface area contributed by atoms with Crippen LogP contribution in [0.2, 0.25) is 0 Å². The van der Waals surface area contributed by atoms with Crippen LogP contribution in [-0.2, 0) is 4.74 Å². The molecule has 3 N–H and O–H groups in total. The molecular weight excluding hydrogens is 264 g/mol. The summed E-state index contributed by atoms with van der Waals surface area (Å²) in [5.41, 5.74) is 6.66. The molecule has 104 valence electrons. The summed E-state index contributed by atoms with van der Waals surface area (Å²) in [7, 11) is 3.12. The molecule has 1 atom stereocenters. The molecule has 0 aliphatic carbocycles. The molecule has 0 aliphatic heterocycles. The third kappa shape index (κ3) is 4.59. The third-order valence-corrected chi connectivity index (χ3v) is 2.82. The fourth-order valence-electron chi connectivity index (χ4n) is 1.67. The fraction of sp³-hybridized carbons (Fsp3) is 0.385. The van der Waals surface area contributed by atoms with Gasteiger partial charge in [0.15, 0.2) is 0 Å². The minimum Gasteiger partial charge on any atom is -0.389 e. The quantitative estimate of drug-likeness (QED) is 0.739. The van der Waals surface area contributed by atoms with Crippen molar-refractivity contribution in [3.8, 4) is 0 Å². The van der Waals surface area contributed by atoms with Crippen molar-refractivity contribution in [1.82, 2.24) is 4.90 Å². The van der Waals surface area contributed by atoms with Crippen molar-refractivity contribution in [2.75, 3.05) is 27.3 Å². The van der Waals surface area contributed by atoms with Crippen LogP contribution in [0.3, 0.4) is 0 Å². The maximum absolute atomic E-state index is 12.1. The Bertz CT molecular complexity index is 465. The van der Waals surface area contributed by atoms with Crippen LogP contribution in [-0.4, -0.2) is 54.3 Å². The van der Waals surface area contributed by atoms with E-state index in [4.69, 9.17) is 22.7 Å². The van der Waals surface area contributed by atoms with Crippen LogP contribution in [0.4, 0.5) is 0 Å². The largest absolute Gasteiger partial charge is 0.389 e. The first-order valence-corrected chi connectivity index (χ1v) is 6.19. The first kappa shape index (κ1) is 15.6. The summed E-state index contributed by atoms with van der Waals surface area (Å²) in [6.07, 6.45) is -0.710. The van der Waals surface area contributed by atoms with E-state index in [9.17, 15) is 9.90 Å². The molecule has 0 spiro atoms. The minimum absolute atomic E-state index is 0.185. The number of methoxy groups -OCH3 is 1. The third-order valence-electron chi connectivity index (χ3n) is 2.58. The maximum Gasteiger partial charge on any atom is 0.253 e. The standard InChI is InChI=1S/C13H18N2O3S/c1-15(7-11(16)8-18-2)13(17)10-5-3-4-9(6-10)12(14)19/h3-6,11,16H,7-8H2,1-2H3,(H2,14,19). The first-order valence-electron chi connectivity index (χ1n) is 5.78. The van der Waals surface area contributed by atoms with E-state index in [1.54, 1.807) is 31.3 Å². The molecule has 0 saturated carbocycles. The molecule has 0 radical (unpaired) electrons. The molecular formula is C13H18N2O3S. The number of rotatable bonds is 6. The van der Waals surface area contributed by atoms with Gasteiger partial charge in [-0.05, 0) is 12.1 Å². The van der Waals surface area contributed by atoms with Gasteiger partial charge in [0.1, 0.15) is 4.99 Å². The summed E-state index contributed by atoms with van der Waals surface area (Å²) in [6.45, 7) is 0.383. The van der Waals surface area contributed by atoms with Gasteiger partial charge in [0.25, 0.3) is 5.91 Å². The van der Waals surface area contributed by atoms with Gasteiger partial charge in [0.2, 0.25) is 0 Å². The molecule has 0 bridgehead atoms. The number of carbonyl (C=O) groups excluding carboxylic acids is 1. The predicted octanol–water partition coefficient (Wildman–Crippen LogP) is 0.400. The van der Waals surface area contributed by atoms with E-state index >= 15 is 0 Å². The monoisotopic (exact) mass is 282 g/mol. The van der Waals surface area contributed by atoms with Gasteiger partial charge in [-0.1, -0.05) is 24.4 Å². The zero-order valence-electron chi connectivity index (χ0n) is 11.0. The van der Waals surface area contributed by atoms with Crippen molar-refractivity contribution in [2.45, 2.75) is 6.10 Å². The van der Waals surface area contributed by atoms with Gasteiger partial charge in [0, 0.05) is 31.8 Å².